The van der Waals surface area contributed by atoms with Gasteiger partial charge in [-0.2, -0.15) is 0 Å². The first-order valence-corrected chi connectivity index (χ1v) is 8.69. The third-order valence-corrected chi connectivity index (χ3v) is 4.67. The number of ether oxygens (including phenoxy) is 1. The number of carbonyl (C=O) groups excluding carboxylic acids is 2. The van der Waals surface area contributed by atoms with E-state index >= 15 is 0 Å². The molecule has 1 fully saturated rings. The predicted molar refractivity (Wildman–Crippen MR) is 97.7 cm³/mol. The number of methoxy groups -OCH3 is 1. The number of H-pyrrole nitrogens is 1. The van der Waals surface area contributed by atoms with E-state index in [4.69, 9.17) is 4.74 Å². The zero-order valence-electron chi connectivity index (χ0n) is 15.0. The Bertz CT molecular complexity index is 773. The van der Waals surface area contributed by atoms with Crippen molar-refractivity contribution in [3.05, 3.63) is 30.0 Å². The summed E-state index contributed by atoms with van der Waals surface area (Å²) < 4.78 is 4.83. The van der Waals surface area contributed by atoms with Gasteiger partial charge in [-0.25, -0.2) is 4.79 Å². The summed E-state index contributed by atoms with van der Waals surface area (Å²) >= 11 is 0. The van der Waals surface area contributed by atoms with Gasteiger partial charge >= 0.3 is 5.97 Å². The van der Waals surface area contributed by atoms with Gasteiger partial charge in [0.2, 0.25) is 5.91 Å². The molecule has 0 spiro atoms. The van der Waals surface area contributed by atoms with E-state index in [9.17, 15) is 9.59 Å². The number of likely N-dealkylation sites (tertiary alicyclic amines) is 1. The standard InChI is InChI=1S/C19H25N3O3/c1-12-8-13(2)10-22(9-12)11-16(23)21-17-14-6-4-5-7-15(14)20-18(17)19(24)25-3/h4-7,12-13,20H,8-11H2,1-3H3,(H,21,23)/t12-,13+. The summed E-state index contributed by atoms with van der Waals surface area (Å²) in [5.74, 6) is 0.577. The first kappa shape index (κ1) is 17.5. The molecule has 0 aliphatic carbocycles. The molecule has 0 unspecified atom stereocenters. The summed E-state index contributed by atoms with van der Waals surface area (Å²) in [5.41, 5.74) is 1.56. The number of rotatable bonds is 4. The lowest BCUT2D eigenvalue weighted by molar-refractivity contribution is -0.117. The van der Waals surface area contributed by atoms with Crippen LogP contribution in [0.1, 0.15) is 30.8 Å². The Kier molecular flexibility index (Phi) is 5.08. The van der Waals surface area contributed by atoms with Crippen LogP contribution in [-0.2, 0) is 9.53 Å². The SMILES string of the molecule is COC(=O)c1[nH]c2ccccc2c1NC(=O)CN1C[C@H](C)C[C@H](C)C1. The van der Waals surface area contributed by atoms with Gasteiger partial charge in [-0.3, -0.25) is 9.69 Å². The van der Waals surface area contributed by atoms with E-state index in [0.717, 1.165) is 24.0 Å². The van der Waals surface area contributed by atoms with Gasteiger partial charge in [-0.1, -0.05) is 32.0 Å². The number of anilines is 1. The number of nitrogens with one attached hydrogen (secondary N) is 2. The number of fused-ring (bicyclic) bond motifs is 1. The van der Waals surface area contributed by atoms with Gasteiger partial charge in [0.25, 0.3) is 0 Å². The molecule has 3 rings (SSSR count). The maximum atomic E-state index is 12.6. The lowest BCUT2D eigenvalue weighted by Gasteiger charge is -2.34. The summed E-state index contributed by atoms with van der Waals surface area (Å²) in [6, 6.07) is 7.49. The molecule has 1 aliphatic rings. The van der Waals surface area contributed by atoms with Gasteiger partial charge in [-0.15, -0.1) is 0 Å². The molecule has 1 aliphatic heterocycles. The number of para-hydroxylation sites is 1. The Morgan fingerprint density at radius 1 is 1.24 bits per heavy atom. The number of amides is 1. The van der Waals surface area contributed by atoms with E-state index in [2.05, 4.69) is 29.0 Å². The molecule has 0 radical (unpaired) electrons. The van der Waals surface area contributed by atoms with E-state index < -0.39 is 5.97 Å². The minimum atomic E-state index is -0.494. The topological polar surface area (TPSA) is 74.4 Å². The Morgan fingerprint density at radius 2 is 1.92 bits per heavy atom. The number of nitrogens with zero attached hydrogens (tertiary/aromatic N) is 1. The minimum absolute atomic E-state index is 0.115. The van der Waals surface area contributed by atoms with Gasteiger partial charge in [0.15, 0.2) is 0 Å². The molecule has 2 N–H and O–H groups in total. The normalized spacial score (nSPS) is 21.2. The Balaban J connectivity index is 1.79. The van der Waals surface area contributed by atoms with Crippen LogP contribution in [0.2, 0.25) is 0 Å². The smallest absolute Gasteiger partial charge is 0.356 e. The van der Waals surface area contributed by atoms with Crippen molar-refractivity contribution < 1.29 is 14.3 Å². The minimum Gasteiger partial charge on any atom is -0.464 e. The molecule has 6 heteroatoms. The Morgan fingerprint density at radius 3 is 2.60 bits per heavy atom. The third kappa shape index (κ3) is 3.85. The molecule has 25 heavy (non-hydrogen) atoms. The van der Waals surface area contributed by atoms with Crippen LogP contribution in [0.3, 0.4) is 0 Å². The van der Waals surface area contributed by atoms with Crippen LogP contribution < -0.4 is 5.32 Å². The number of hydrogen-bond acceptors (Lipinski definition) is 4. The third-order valence-electron chi connectivity index (χ3n) is 4.67. The van der Waals surface area contributed by atoms with Gasteiger partial charge in [0.1, 0.15) is 5.69 Å². The Hall–Kier alpha value is -2.34. The van der Waals surface area contributed by atoms with Crippen molar-refractivity contribution in [3.63, 3.8) is 0 Å². The van der Waals surface area contributed by atoms with Gasteiger partial charge < -0.3 is 15.0 Å². The van der Waals surface area contributed by atoms with Crippen LogP contribution in [0.5, 0.6) is 0 Å². The van der Waals surface area contributed by atoms with E-state index in [1.807, 2.05) is 24.3 Å². The number of benzene rings is 1. The summed E-state index contributed by atoms with van der Waals surface area (Å²) in [6.45, 7) is 6.62. The first-order chi connectivity index (χ1) is 12.0. The fourth-order valence-corrected chi connectivity index (χ4v) is 3.83. The fraction of sp³-hybridized carbons (Fsp3) is 0.474. The van der Waals surface area contributed by atoms with Crippen molar-refractivity contribution in [1.29, 1.82) is 0 Å². The van der Waals surface area contributed by atoms with Crippen LogP contribution in [0.4, 0.5) is 5.69 Å². The zero-order valence-corrected chi connectivity index (χ0v) is 15.0. The first-order valence-electron chi connectivity index (χ1n) is 8.69. The van der Waals surface area contributed by atoms with Crippen molar-refractivity contribution in [2.75, 3.05) is 32.1 Å². The van der Waals surface area contributed by atoms with Gasteiger partial charge in [0.05, 0.1) is 19.3 Å². The van der Waals surface area contributed by atoms with Gasteiger partial charge in [-0.05, 0) is 24.3 Å². The summed E-state index contributed by atoms with van der Waals surface area (Å²) in [6.07, 6.45) is 1.20. The lowest BCUT2D eigenvalue weighted by atomic mass is 9.92. The molecule has 2 atom stereocenters. The molecule has 1 amide bonds. The second-order valence-corrected chi connectivity index (χ2v) is 7.10. The van der Waals surface area contributed by atoms with Crippen LogP contribution in [0.25, 0.3) is 10.9 Å². The van der Waals surface area contributed by atoms with E-state index in [1.165, 1.54) is 13.5 Å². The second kappa shape index (κ2) is 7.27. The highest BCUT2D eigenvalue weighted by Crippen LogP contribution is 2.28. The van der Waals surface area contributed by atoms with Crippen LogP contribution in [0, 0.1) is 11.8 Å². The molecular weight excluding hydrogens is 318 g/mol. The summed E-state index contributed by atoms with van der Waals surface area (Å²) in [5, 5.41) is 3.72. The van der Waals surface area contributed by atoms with Crippen LogP contribution in [0.15, 0.2) is 24.3 Å². The quantitative estimate of drug-likeness (QED) is 0.837. The van der Waals surface area contributed by atoms with E-state index in [1.54, 1.807) is 0 Å². The molecule has 1 aromatic heterocycles. The number of aromatic nitrogens is 1. The molecule has 6 nitrogen and oxygen atoms in total. The molecule has 2 heterocycles. The van der Waals surface area contributed by atoms with Crippen LogP contribution in [-0.4, -0.2) is 48.5 Å². The number of esters is 1. The molecule has 0 saturated carbocycles. The average Bonchev–Trinajstić information content (AvgIpc) is 2.92. The van der Waals surface area contributed by atoms with Crippen molar-refractivity contribution in [2.24, 2.45) is 11.8 Å². The average molecular weight is 343 g/mol. The number of piperidine rings is 1. The molecular formula is C19H25N3O3. The van der Waals surface area contributed by atoms with Gasteiger partial charge in [0, 0.05) is 24.0 Å². The molecule has 2 aromatic rings. The molecule has 0 bridgehead atoms. The molecule has 1 aromatic carbocycles. The number of aromatic amines is 1. The zero-order chi connectivity index (χ0) is 18.0. The van der Waals surface area contributed by atoms with Crippen molar-refractivity contribution >= 4 is 28.5 Å². The van der Waals surface area contributed by atoms with Crippen molar-refractivity contribution in [1.82, 2.24) is 9.88 Å². The molecule has 134 valence electrons. The number of carbonyl (C=O) groups is 2. The highest BCUT2D eigenvalue weighted by atomic mass is 16.5. The highest BCUT2D eigenvalue weighted by molar-refractivity contribution is 6.11. The second-order valence-electron chi connectivity index (χ2n) is 7.10. The lowest BCUT2D eigenvalue weighted by Crippen LogP contribution is -2.42. The molecule has 1 saturated heterocycles. The van der Waals surface area contributed by atoms with Crippen LogP contribution >= 0.6 is 0 Å². The highest BCUT2D eigenvalue weighted by Gasteiger charge is 2.25. The Labute approximate surface area is 147 Å². The monoisotopic (exact) mass is 343 g/mol. The van der Waals surface area contributed by atoms with E-state index in [-0.39, 0.29) is 11.6 Å². The fourth-order valence-electron chi connectivity index (χ4n) is 3.83. The summed E-state index contributed by atoms with van der Waals surface area (Å²) in [4.78, 5) is 29.8. The van der Waals surface area contributed by atoms with Crippen molar-refractivity contribution in [2.45, 2.75) is 20.3 Å². The summed E-state index contributed by atoms with van der Waals surface area (Å²) in [7, 11) is 1.33. The largest absolute Gasteiger partial charge is 0.464 e. The van der Waals surface area contributed by atoms with E-state index in [0.29, 0.717) is 24.1 Å². The maximum Gasteiger partial charge on any atom is 0.356 e. The predicted octanol–water partition coefficient (Wildman–Crippen LogP) is 2.87. The maximum absolute atomic E-state index is 12.6. The van der Waals surface area contributed by atoms with Crippen molar-refractivity contribution in [3.8, 4) is 0 Å². The number of hydrogen-bond donors (Lipinski definition) is 2.